The first kappa shape index (κ1) is 18.1. The van der Waals surface area contributed by atoms with E-state index in [0.717, 1.165) is 11.3 Å². The highest BCUT2D eigenvalue weighted by Crippen LogP contribution is 2.26. The lowest BCUT2D eigenvalue weighted by molar-refractivity contribution is -0.122. The van der Waals surface area contributed by atoms with Crippen molar-refractivity contribution in [2.24, 2.45) is 11.1 Å². The maximum absolute atomic E-state index is 12.4. The van der Waals surface area contributed by atoms with E-state index in [1.807, 2.05) is 31.2 Å². The molecule has 3 N–H and O–H groups in total. The van der Waals surface area contributed by atoms with Crippen LogP contribution in [0.5, 0.6) is 0 Å². The van der Waals surface area contributed by atoms with Gasteiger partial charge in [0.2, 0.25) is 21.8 Å². The van der Waals surface area contributed by atoms with Crippen LogP contribution in [0.1, 0.15) is 12.0 Å². The van der Waals surface area contributed by atoms with Crippen molar-refractivity contribution in [3.63, 3.8) is 0 Å². The molecule has 2 amide bonds. The second kappa shape index (κ2) is 6.89. The third-order valence-corrected chi connectivity index (χ3v) is 5.22. The summed E-state index contributed by atoms with van der Waals surface area (Å²) in [4.78, 5) is 26.3. The van der Waals surface area contributed by atoms with Crippen LogP contribution in [0.4, 0.5) is 11.4 Å². The average molecular weight is 373 g/mol. The Kier molecular flexibility index (Phi) is 4.80. The van der Waals surface area contributed by atoms with Crippen molar-refractivity contribution in [3.05, 3.63) is 54.1 Å². The molecule has 0 aromatic heterocycles. The number of anilines is 2. The van der Waals surface area contributed by atoms with E-state index in [1.54, 1.807) is 4.90 Å². The van der Waals surface area contributed by atoms with E-state index >= 15 is 0 Å². The largest absolute Gasteiger partial charge is 0.326 e. The predicted molar refractivity (Wildman–Crippen MR) is 98.1 cm³/mol. The summed E-state index contributed by atoms with van der Waals surface area (Å²) in [6, 6.07) is 13.1. The van der Waals surface area contributed by atoms with E-state index in [-0.39, 0.29) is 23.1 Å². The van der Waals surface area contributed by atoms with Gasteiger partial charge in [0.15, 0.2) is 0 Å². The normalized spacial score (nSPS) is 17.4. The van der Waals surface area contributed by atoms with Crippen LogP contribution >= 0.6 is 0 Å². The van der Waals surface area contributed by atoms with E-state index in [0.29, 0.717) is 12.2 Å². The molecule has 1 heterocycles. The number of sulfonamides is 1. The van der Waals surface area contributed by atoms with Gasteiger partial charge >= 0.3 is 0 Å². The number of benzene rings is 2. The molecule has 2 aromatic carbocycles. The molecule has 0 saturated carbocycles. The minimum Gasteiger partial charge on any atom is -0.326 e. The second-order valence-electron chi connectivity index (χ2n) is 6.30. The Morgan fingerprint density at radius 3 is 2.31 bits per heavy atom. The van der Waals surface area contributed by atoms with Crippen molar-refractivity contribution in [2.75, 3.05) is 16.8 Å². The van der Waals surface area contributed by atoms with Crippen LogP contribution in [0, 0.1) is 12.8 Å². The molecule has 1 atom stereocenters. The molecule has 3 rings (SSSR count). The van der Waals surface area contributed by atoms with E-state index in [9.17, 15) is 18.0 Å². The Morgan fingerprint density at radius 1 is 1.12 bits per heavy atom. The van der Waals surface area contributed by atoms with Gasteiger partial charge in [-0.3, -0.25) is 9.59 Å². The molecule has 136 valence electrons. The second-order valence-corrected chi connectivity index (χ2v) is 7.86. The molecular formula is C18H19N3O4S. The van der Waals surface area contributed by atoms with Crippen molar-refractivity contribution in [2.45, 2.75) is 18.2 Å². The highest BCUT2D eigenvalue weighted by atomic mass is 32.2. The summed E-state index contributed by atoms with van der Waals surface area (Å²) in [6.45, 7) is 2.27. The fourth-order valence-corrected chi connectivity index (χ4v) is 3.35. The minimum absolute atomic E-state index is 0.0305. The lowest BCUT2D eigenvalue weighted by atomic mass is 10.1. The zero-order chi connectivity index (χ0) is 18.9. The summed E-state index contributed by atoms with van der Waals surface area (Å²) >= 11 is 0. The smallest absolute Gasteiger partial charge is 0.238 e. The van der Waals surface area contributed by atoms with E-state index in [4.69, 9.17) is 5.14 Å². The highest BCUT2D eigenvalue weighted by Gasteiger charge is 2.35. The molecule has 26 heavy (non-hydrogen) atoms. The number of hydrogen-bond donors (Lipinski definition) is 2. The van der Waals surface area contributed by atoms with Gasteiger partial charge in [-0.15, -0.1) is 0 Å². The first-order valence-electron chi connectivity index (χ1n) is 8.05. The zero-order valence-corrected chi connectivity index (χ0v) is 15.0. The van der Waals surface area contributed by atoms with Gasteiger partial charge in [-0.05, 0) is 43.3 Å². The SMILES string of the molecule is Cc1ccc(N2CC(C(=O)Nc3ccc(S(N)(=O)=O)cc3)CC2=O)cc1. The first-order valence-corrected chi connectivity index (χ1v) is 9.59. The zero-order valence-electron chi connectivity index (χ0n) is 14.2. The summed E-state index contributed by atoms with van der Waals surface area (Å²) in [5.41, 5.74) is 2.31. The monoisotopic (exact) mass is 373 g/mol. The van der Waals surface area contributed by atoms with Crippen molar-refractivity contribution in [3.8, 4) is 0 Å². The molecule has 0 spiro atoms. The number of nitrogens with one attached hydrogen (secondary N) is 1. The summed E-state index contributed by atoms with van der Waals surface area (Å²) in [6.07, 6.45) is 0.134. The van der Waals surface area contributed by atoms with Gasteiger partial charge in [0.25, 0.3) is 0 Å². The molecule has 1 unspecified atom stereocenters. The Balaban J connectivity index is 1.67. The van der Waals surface area contributed by atoms with Gasteiger partial charge in [0.1, 0.15) is 0 Å². The number of amides is 2. The molecule has 8 heteroatoms. The highest BCUT2D eigenvalue weighted by molar-refractivity contribution is 7.89. The van der Waals surface area contributed by atoms with Gasteiger partial charge in [0.05, 0.1) is 10.8 Å². The van der Waals surface area contributed by atoms with E-state index < -0.39 is 15.9 Å². The molecule has 2 aromatic rings. The number of hydrogen-bond acceptors (Lipinski definition) is 4. The van der Waals surface area contributed by atoms with Crippen LogP contribution in [-0.4, -0.2) is 26.8 Å². The first-order chi connectivity index (χ1) is 12.2. The lowest BCUT2D eigenvalue weighted by Gasteiger charge is -2.17. The Bertz CT molecular complexity index is 937. The molecular weight excluding hydrogens is 354 g/mol. The number of rotatable bonds is 4. The van der Waals surface area contributed by atoms with Crippen molar-refractivity contribution >= 4 is 33.2 Å². The van der Waals surface area contributed by atoms with Gasteiger partial charge in [0, 0.05) is 24.3 Å². The van der Waals surface area contributed by atoms with Crippen molar-refractivity contribution in [1.29, 1.82) is 0 Å². The number of nitrogens with zero attached hydrogens (tertiary/aromatic N) is 1. The fraction of sp³-hybridized carbons (Fsp3) is 0.222. The fourth-order valence-electron chi connectivity index (χ4n) is 2.83. The molecule has 1 saturated heterocycles. The van der Waals surface area contributed by atoms with Crippen LogP contribution in [0.2, 0.25) is 0 Å². The van der Waals surface area contributed by atoms with E-state index in [1.165, 1.54) is 24.3 Å². The molecule has 1 aliphatic rings. The van der Waals surface area contributed by atoms with Crippen LogP contribution in [0.25, 0.3) is 0 Å². The standard InChI is InChI=1S/C18H19N3O4S/c1-12-2-6-15(7-3-12)21-11-13(10-17(21)22)18(23)20-14-4-8-16(9-5-14)26(19,24)25/h2-9,13H,10-11H2,1H3,(H,20,23)(H2,19,24,25). The topological polar surface area (TPSA) is 110 Å². The summed E-state index contributed by atoms with van der Waals surface area (Å²) in [5, 5.41) is 7.76. The third kappa shape index (κ3) is 3.92. The minimum atomic E-state index is -3.78. The van der Waals surface area contributed by atoms with Crippen LogP contribution in [0.15, 0.2) is 53.4 Å². The molecule has 0 aliphatic carbocycles. The van der Waals surface area contributed by atoms with Crippen LogP contribution < -0.4 is 15.4 Å². The van der Waals surface area contributed by atoms with Crippen molar-refractivity contribution < 1.29 is 18.0 Å². The lowest BCUT2D eigenvalue weighted by Crippen LogP contribution is -2.28. The van der Waals surface area contributed by atoms with Gasteiger partial charge in [-0.25, -0.2) is 13.6 Å². The van der Waals surface area contributed by atoms with Crippen LogP contribution in [0.3, 0.4) is 0 Å². The molecule has 0 radical (unpaired) electrons. The number of nitrogens with two attached hydrogens (primary N) is 1. The summed E-state index contributed by atoms with van der Waals surface area (Å²) < 4.78 is 22.5. The number of carbonyl (C=O) groups excluding carboxylic acids is 2. The Morgan fingerprint density at radius 2 is 1.73 bits per heavy atom. The number of aryl methyl sites for hydroxylation is 1. The Labute approximate surface area is 151 Å². The molecule has 1 fully saturated rings. The Hall–Kier alpha value is -2.71. The predicted octanol–water partition coefficient (Wildman–Crippen LogP) is 1.63. The summed E-state index contributed by atoms with van der Waals surface area (Å²) in [7, 11) is -3.78. The quantitative estimate of drug-likeness (QED) is 0.849. The van der Waals surface area contributed by atoms with Gasteiger partial charge in [-0.2, -0.15) is 0 Å². The van der Waals surface area contributed by atoms with Crippen LogP contribution in [-0.2, 0) is 19.6 Å². The van der Waals surface area contributed by atoms with Crippen molar-refractivity contribution in [1.82, 2.24) is 0 Å². The van der Waals surface area contributed by atoms with E-state index in [2.05, 4.69) is 5.32 Å². The molecule has 0 bridgehead atoms. The third-order valence-electron chi connectivity index (χ3n) is 4.29. The average Bonchev–Trinajstić information content (AvgIpc) is 2.97. The van der Waals surface area contributed by atoms with Gasteiger partial charge < -0.3 is 10.2 Å². The number of carbonyl (C=O) groups is 2. The van der Waals surface area contributed by atoms with Gasteiger partial charge in [-0.1, -0.05) is 17.7 Å². The maximum atomic E-state index is 12.4. The number of primary sulfonamides is 1. The molecule has 7 nitrogen and oxygen atoms in total. The maximum Gasteiger partial charge on any atom is 0.238 e. The molecule has 1 aliphatic heterocycles. The summed E-state index contributed by atoms with van der Waals surface area (Å²) in [5.74, 6) is -0.850.